The molecule has 0 bridgehead atoms. The van der Waals surface area contributed by atoms with Crippen LogP contribution >= 0.6 is 0 Å². The van der Waals surface area contributed by atoms with Crippen LogP contribution in [0.15, 0.2) is 18.2 Å². The summed E-state index contributed by atoms with van der Waals surface area (Å²) >= 11 is 0. The SMILES string of the molecule is Cc1cccc(-c2nnnn2CCCS(C)(=O)=O)c1N. The molecule has 8 heteroatoms. The fourth-order valence-corrected chi connectivity index (χ4v) is 2.55. The van der Waals surface area contributed by atoms with Crippen molar-refractivity contribution in [3.8, 4) is 11.4 Å². The lowest BCUT2D eigenvalue weighted by Gasteiger charge is -2.08. The van der Waals surface area contributed by atoms with Gasteiger partial charge in [-0.05, 0) is 35.4 Å². The summed E-state index contributed by atoms with van der Waals surface area (Å²) in [5.74, 6) is 0.662. The predicted octanol–water partition coefficient (Wildman–Crippen LogP) is 0.665. The van der Waals surface area contributed by atoms with E-state index in [1.165, 1.54) is 6.26 Å². The minimum Gasteiger partial charge on any atom is -0.398 e. The number of sulfone groups is 1. The van der Waals surface area contributed by atoms with Crippen molar-refractivity contribution in [1.29, 1.82) is 0 Å². The average molecular weight is 295 g/mol. The van der Waals surface area contributed by atoms with Gasteiger partial charge in [-0.25, -0.2) is 13.1 Å². The van der Waals surface area contributed by atoms with Crippen LogP contribution in [0.3, 0.4) is 0 Å². The molecule has 0 aliphatic heterocycles. The first-order valence-electron chi connectivity index (χ1n) is 6.18. The zero-order valence-corrected chi connectivity index (χ0v) is 12.3. The number of anilines is 1. The molecule has 0 unspecified atom stereocenters. The van der Waals surface area contributed by atoms with Crippen LogP contribution in [-0.2, 0) is 16.4 Å². The Morgan fingerprint density at radius 2 is 2.10 bits per heavy atom. The van der Waals surface area contributed by atoms with E-state index in [0.29, 0.717) is 24.5 Å². The molecular weight excluding hydrogens is 278 g/mol. The number of nitrogens with zero attached hydrogens (tertiary/aromatic N) is 4. The minimum absolute atomic E-state index is 0.107. The fraction of sp³-hybridized carbons (Fsp3) is 0.417. The molecule has 108 valence electrons. The summed E-state index contributed by atoms with van der Waals surface area (Å²) in [7, 11) is -2.98. The molecule has 7 nitrogen and oxygen atoms in total. The van der Waals surface area contributed by atoms with Gasteiger partial charge in [0.15, 0.2) is 5.82 Å². The van der Waals surface area contributed by atoms with E-state index in [-0.39, 0.29) is 5.75 Å². The topological polar surface area (TPSA) is 104 Å². The zero-order valence-electron chi connectivity index (χ0n) is 11.4. The first kappa shape index (κ1) is 14.4. The number of hydrogen-bond acceptors (Lipinski definition) is 6. The van der Waals surface area contributed by atoms with E-state index in [2.05, 4.69) is 15.5 Å². The first-order valence-corrected chi connectivity index (χ1v) is 8.24. The Bertz CT molecular complexity index is 708. The molecule has 1 heterocycles. The van der Waals surface area contributed by atoms with Gasteiger partial charge in [-0.1, -0.05) is 12.1 Å². The molecule has 1 aromatic heterocycles. The number of hydrogen-bond donors (Lipinski definition) is 1. The maximum Gasteiger partial charge on any atom is 0.184 e. The molecule has 20 heavy (non-hydrogen) atoms. The lowest BCUT2D eigenvalue weighted by Crippen LogP contribution is -2.10. The van der Waals surface area contributed by atoms with E-state index < -0.39 is 9.84 Å². The number of tetrazole rings is 1. The van der Waals surface area contributed by atoms with Crippen LogP contribution in [0.25, 0.3) is 11.4 Å². The van der Waals surface area contributed by atoms with Gasteiger partial charge < -0.3 is 5.73 Å². The third-order valence-electron chi connectivity index (χ3n) is 2.98. The monoisotopic (exact) mass is 295 g/mol. The smallest absolute Gasteiger partial charge is 0.184 e. The Kier molecular flexibility index (Phi) is 4.03. The van der Waals surface area contributed by atoms with Gasteiger partial charge in [0.25, 0.3) is 0 Å². The van der Waals surface area contributed by atoms with Crippen LogP contribution in [0.4, 0.5) is 5.69 Å². The Morgan fingerprint density at radius 3 is 2.80 bits per heavy atom. The Labute approximate surface area is 117 Å². The number of para-hydroxylation sites is 1. The van der Waals surface area contributed by atoms with Gasteiger partial charge in [-0.2, -0.15) is 0 Å². The van der Waals surface area contributed by atoms with Crippen molar-refractivity contribution in [2.75, 3.05) is 17.7 Å². The summed E-state index contributed by atoms with van der Waals surface area (Å²) in [6, 6.07) is 5.65. The van der Waals surface area contributed by atoms with Gasteiger partial charge >= 0.3 is 0 Å². The molecule has 0 saturated carbocycles. The molecular formula is C12H17N5O2S. The standard InChI is InChI=1S/C12H17N5O2S/c1-9-5-3-6-10(11(9)13)12-14-15-16-17(12)7-4-8-20(2,18)19/h3,5-6H,4,7-8,13H2,1-2H3. The van der Waals surface area contributed by atoms with E-state index >= 15 is 0 Å². The number of aryl methyl sites for hydroxylation is 2. The van der Waals surface area contributed by atoms with Crippen molar-refractivity contribution in [3.63, 3.8) is 0 Å². The molecule has 0 saturated heterocycles. The van der Waals surface area contributed by atoms with E-state index in [9.17, 15) is 8.42 Å². The van der Waals surface area contributed by atoms with Gasteiger partial charge in [0, 0.05) is 24.1 Å². The number of nitrogens with two attached hydrogens (primary N) is 1. The van der Waals surface area contributed by atoms with Crippen molar-refractivity contribution >= 4 is 15.5 Å². The zero-order chi connectivity index (χ0) is 14.8. The average Bonchev–Trinajstić information content (AvgIpc) is 2.79. The van der Waals surface area contributed by atoms with Crippen molar-refractivity contribution in [3.05, 3.63) is 23.8 Å². The lowest BCUT2D eigenvalue weighted by atomic mass is 10.1. The third-order valence-corrected chi connectivity index (χ3v) is 4.01. The second-order valence-corrected chi connectivity index (χ2v) is 7.00. The van der Waals surface area contributed by atoms with E-state index in [1.54, 1.807) is 4.68 Å². The lowest BCUT2D eigenvalue weighted by molar-refractivity contribution is 0.567. The summed E-state index contributed by atoms with van der Waals surface area (Å²) in [6.07, 6.45) is 1.68. The normalized spacial score (nSPS) is 11.7. The summed E-state index contributed by atoms with van der Waals surface area (Å²) in [6.45, 7) is 2.35. The maximum atomic E-state index is 11.1. The molecule has 1 aromatic carbocycles. The van der Waals surface area contributed by atoms with Gasteiger partial charge in [-0.15, -0.1) is 5.10 Å². The quantitative estimate of drug-likeness (QED) is 0.813. The Balaban J connectivity index is 2.22. The molecule has 0 fully saturated rings. The number of aromatic nitrogens is 4. The Morgan fingerprint density at radius 1 is 1.35 bits per heavy atom. The third kappa shape index (κ3) is 3.32. The minimum atomic E-state index is -2.98. The highest BCUT2D eigenvalue weighted by molar-refractivity contribution is 7.90. The molecule has 2 N–H and O–H groups in total. The van der Waals surface area contributed by atoms with Crippen LogP contribution in [0.2, 0.25) is 0 Å². The summed E-state index contributed by atoms with van der Waals surface area (Å²) in [5.41, 5.74) is 8.38. The number of nitrogen functional groups attached to an aromatic ring is 1. The first-order chi connectivity index (χ1) is 9.38. The van der Waals surface area contributed by atoms with Gasteiger partial charge in [0.2, 0.25) is 0 Å². The van der Waals surface area contributed by atoms with Gasteiger partial charge in [-0.3, -0.25) is 0 Å². The van der Waals surface area contributed by atoms with E-state index in [1.807, 2.05) is 25.1 Å². The second kappa shape index (κ2) is 5.58. The molecule has 0 atom stereocenters. The Hall–Kier alpha value is -1.96. The molecule has 2 aromatic rings. The molecule has 0 amide bonds. The highest BCUT2D eigenvalue weighted by Gasteiger charge is 2.13. The summed E-state index contributed by atoms with van der Waals surface area (Å²) in [4.78, 5) is 0. The highest BCUT2D eigenvalue weighted by atomic mass is 32.2. The van der Waals surface area contributed by atoms with Crippen molar-refractivity contribution in [2.24, 2.45) is 0 Å². The molecule has 0 radical (unpaired) electrons. The summed E-state index contributed by atoms with van der Waals surface area (Å²) in [5, 5.41) is 11.5. The molecule has 2 rings (SSSR count). The molecule has 0 aliphatic carbocycles. The van der Waals surface area contributed by atoms with E-state index in [0.717, 1.165) is 11.1 Å². The van der Waals surface area contributed by atoms with Gasteiger partial charge in [0.05, 0.1) is 5.75 Å². The van der Waals surface area contributed by atoms with Gasteiger partial charge in [0.1, 0.15) is 9.84 Å². The molecule has 0 spiro atoms. The number of benzene rings is 1. The van der Waals surface area contributed by atoms with Crippen molar-refractivity contribution in [1.82, 2.24) is 20.2 Å². The fourth-order valence-electron chi connectivity index (χ4n) is 1.90. The predicted molar refractivity (Wildman–Crippen MR) is 76.7 cm³/mol. The maximum absolute atomic E-state index is 11.1. The second-order valence-electron chi connectivity index (χ2n) is 4.75. The van der Waals surface area contributed by atoms with Crippen LogP contribution in [0, 0.1) is 6.92 Å². The largest absolute Gasteiger partial charge is 0.398 e. The van der Waals surface area contributed by atoms with Crippen LogP contribution < -0.4 is 5.73 Å². The van der Waals surface area contributed by atoms with E-state index in [4.69, 9.17) is 5.73 Å². The number of rotatable bonds is 5. The van der Waals surface area contributed by atoms with Crippen LogP contribution in [-0.4, -0.2) is 40.6 Å². The molecule has 0 aliphatic rings. The van der Waals surface area contributed by atoms with Crippen LogP contribution in [0.5, 0.6) is 0 Å². The summed E-state index contributed by atoms with van der Waals surface area (Å²) < 4.78 is 23.8. The van der Waals surface area contributed by atoms with Crippen molar-refractivity contribution < 1.29 is 8.42 Å². The highest BCUT2D eigenvalue weighted by Crippen LogP contribution is 2.26. The van der Waals surface area contributed by atoms with Crippen molar-refractivity contribution in [2.45, 2.75) is 19.9 Å². The van der Waals surface area contributed by atoms with Crippen LogP contribution in [0.1, 0.15) is 12.0 Å².